The van der Waals surface area contributed by atoms with Crippen molar-refractivity contribution >= 4 is 45.6 Å². The summed E-state index contributed by atoms with van der Waals surface area (Å²) in [5, 5.41) is 2.59. The van der Waals surface area contributed by atoms with Crippen LogP contribution in [0.2, 0.25) is 0 Å². The minimum atomic E-state index is -2.21. The second kappa shape index (κ2) is 12.1. The molecule has 4 rings (SSSR count). The van der Waals surface area contributed by atoms with E-state index in [9.17, 15) is 19.2 Å². The molecule has 0 saturated heterocycles. The van der Waals surface area contributed by atoms with E-state index in [1.165, 1.54) is 11.9 Å². The van der Waals surface area contributed by atoms with Gasteiger partial charge in [-0.15, -0.1) is 0 Å². The molecule has 41 heavy (non-hydrogen) atoms. The number of ether oxygens (including phenoxy) is 3. The van der Waals surface area contributed by atoms with E-state index >= 15 is 0 Å². The van der Waals surface area contributed by atoms with Crippen LogP contribution in [0.25, 0.3) is 0 Å². The van der Waals surface area contributed by atoms with E-state index in [0.717, 1.165) is 0 Å². The monoisotopic (exact) mass is 622 g/mol. The Morgan fingerprint density at radius 3 is 1.88 bits per heavy atom. The van der Waals surface area contributed by atoms with Crippen LogP contribution in [-0.2, 0) is 47.3 Å². The van der Waals surface area contributed by atoms with Crippen molar-refractivity contribution in [2.75, 3.05) is 11.9 Å². The Balaban J connectivity index is 1.81. The number of hydrogen-bond acceptors (Lipinski definition) is 7. The van der Waals surface area contributed by atoms with Gasteiger partial charge in [-0.25, -0.2) is 4.79 Å². The van der Waals surface area contributed by atoms with Crippen LogP contribution in [0.3, 0.4) is 0 Å². The number of alkyl carbamates (subject to hydrolysis) is 1. The number of nitrogens with zero attached hydrogens (tertiary/aromatic N) is 1. The molecule has 1 aliphatic rings. The smallest absolute Gasteiger partial charge is 0.408 e. The Kier molecular flexibility index (Phi) is 8.82. The molecule has 1 aliphatic heterocycles. The first kappa shape index (κ1) is 29.8. The molecule has 214 valence electrons. The van der Waals surface area contributed by atoms with Gasteiger partial charge in [0.15, 0.2) is 11.5 Å². The van der Waals surface area contributed by atoms with Crippen molar-refractivity contribution in [3.63, 3.8) is 0 Å². The highest BCUT2D eigenvalue weighted by molar-refractivity contribution is 9.10. The summed E-state index contributed by atoms with van der Waals surface area (Å²) in [5.41, 5.74) is -1.20. The molecule has 0 aliphatic carbocycles. The molecule has 0 spiro atoms. The fourth-order valence-electron chi connectivity index (χ4n) is 4.62. The molecule has 3 aromatic carbocycles. The number of carbonyl (C=O) groups excluding carboxylic acids is 4. The van der Waals surface area contributed by atoms with E-state index in [0.29, 0.717) is 21.3 Å². The van der Waals surface area contributed by atoms with Gasteiger partial charge in [0.1, 0.15) is 18.8 Å². The standard InChI is InChI=1S/C31H31BrN2O7/c1-30(2,3)41-29(38)33-31(23-16-15-22(32)17-24(23)34(4)28(31)37)25(26(35)39-18-20-11-7-5-8-12-20)27(36)40-19-21-13-9-6-10-14-21/h5-17,25H,18-19H2,1-4H3,(H,33,38)/t31-/m1/s1. The van der Waals surface area contributed by atoms with Crippen molar-refractivity contribution in [2.24, 2.45) is 5.92 Å². The number of benzene rings is 3. The van der Waals surface area contributed by atoms with E-state index < -0.39 is 41.0 Å². The molecule has 0 bridgehead atoms. The number of halogens is 1. The number of anilines is 1. The molecule has 1 atom stereocenters. The zero-order chi connectivity index (χ0) is 29.8. The van der Waals surface area contributed by atoms with Crippen molar-refractivity contribution in [2.45, 2.75) is 45.1 Å². The van der Waals surface area contributed by atoms with Crippen molar-refractivity contribution in [1.29, 1.82) is 0 Å². The highest BCUT2D eigenvalue weighted by Gasteiger charge is 2.63. The zero-order valence-corrected chi connectivity index (χ0v) is 24.8. The number of nitrogens with one attached hydrogen (secondary N) is 1. The summed E-state index contributed by atoms with van der Waals surface area (Å²) in [7, 11) is 1.49. The quantitative estimate of drug-likeness (QED) is 0.207. The molecule has 0 radical (unpaired) electrons. The molecule has 0 aromatic heterocycles. The Hall–Kier alpha value is -4.18. The van der Waals surface area contributed by atoms with Gasteiger partial charge in [-0.05, 0) is 44.0 Å². The van der Waals surface area contributed by atoms with E-state index in [-0.39, 0.29) is 18.8 Å². The van der Waals surface area contributed by atoms with Crippen LogP contribution in [0.4, 0.5) is 10.5 Å². The summed E-state index contributed by atoms with van der Waals surface area (Å²) < 4.78 is 17.3. The maximum atomic E-state index is 14.1. The van der Waals surface area contributed by atoms with Gasteiger partial charge in [0.05, 0.1) is 5.69 Å². The number of hydrogen-bond donors (Lipinski definition) is 1. The summed E-state index contributed by atoms with van der Waals surface area (Å²) in [4.78, 5) is 56.4. The van der Waals surface area contributed by atoms with Crippen molar-refractivity contribution in [3.8, 4) is 0 Å². The second-order valence-corrected chi connectivity index (χ2v) is 11.5. The first-order valence-corrected chi connectivity index (χ1v) is 13.7. The van der Waals surface area contributed by atoms with Gasteiger partial charge in [-0.1, -0.05) is 82.7 Å². The summed E-state index contributed by atoms with van der Waals surface area (Å²) >= 11 is 3.40. The van der Waals surface area contributed by atoms with Crippen LogP contribution in [0.5, 0.6) is 0 Å². The third kappa shape index (κ3) is 6.59. The molecule has 0 saturated carbocycles. The zero-order valence-electron chi connectivity index (χ0n) is 23.2. The lowest BCUT2D eigenvalue weighted by Crippen LogP contribution is -2.62. The first-order valence-electron chi connectivity index (χ1n) is 12.9. The maximum Gasteiger partial charge on any atom is 0.408 e. The fourth-order valence-corrected chi connectivity index (χ4v) is 4.96. The largest absolute Gasteiger partial charge is 0.460 e. The van der Waals surface area contributed by atoms with Crippen molar-refractivity contribution < 1.29 is 33.4 Å². The fraction of sp³-hybridized carbons (Fsp3) is 0.290. The summed E-state index contributed by atoms with van der Waals surface area (Å²) in [5.74, 6) is -4.71. The average Bonchev–Trinajstić information content (AvgIpc) is 3.12. The van der Waals surface area contributed by atoms with Crippen LogP contribution >= 0.6 is 15.9 Å². The number of esters is 2. The van der Waals surface area contributed by atoms with E-state index in [1.807, 2.05) is 12.1 Å². The first-order chi connectivity index (χ1) is 19.4. The Morgan fingerprint density at radius 1 is 0.878 bits per heavy atom. The van der Waals surface area contributed by atoms with Gasteiger partial charge >= 0.3 is 18.0 Å². The highest BCUT2D eigenvalue weighted by Crippen LogP contribution is 2.46. The van der Waals surface area contributed by atoms with Crippen LogP contribution in [-0.4, -0.2) is 36.6 Å². The molecule has 10 heteroatoms. The van der Waals surface area contributed by atoms with Gasteiger partial charge in [0, 0.05) is 17.1 Å². The summed E-state index contributed by atoms with van der Waals surface area (Å²) in [6.07, 6.45) is -0.994. The molecular formula is C31H31BrN2O7. The number of amides is 2. The van der Waals surface area contributed by atoms with Crippen LogP contribution in [0, 0.1) is 5.92 Å². The summed E-state index contributed by atoms with van der Waals surface area (Å²) in [6.45, 7) is 4.65. The summed E-state index contributed by atoms with van der Waals surface area (Å²) in [6, 6.07) is 22.7. The lowest BCUT2D eigenvalue weighted by molar-refractivity contribution is -0.170. The highest BCUT2D eigenvalue weighted by atomic mass is 79.9. The third-order valence-electron chi connectivity index (χ3n) is 6.44. The topological polar surface area (TPSA) is 111 Å². The van der Waals surface area contributed by atoms with Crippen molar-refractivity contribution in [1.82, 2.24) is 5.32 Å². The van der Waals surface area contributed by atoms with Gasteiger partial charge < -0.3 is 24.4 Å². The maximum absolute atomic E-state index is 14.1. The molecule has 3 aromatic rings. The lowest BCUT2D eigenvalue weighted by atomic mass is 9.78. The predicted molar refractivity (Wildman–Crippen MR) is 155 cm³/mol. The van der Waals surface area contributed by atoms with Gasteiger partial charge in [-0.3, -0.25) is 14.4 Å². The molecule has 0 fully saturated rings. The van der Waals surface area contributed by atoms with Gasteiger partial charge in [0.2, 0.25) is 0 Å². The van der Waals surface area contributed by atoms with Gasteiger partial charge in [-0.2, -0.15) is 0 Å². The molecule has 1 heterocycles. The molecule has 9 nitrogen and oxygen atoms in total. The number of likely N-dealkylation sites (N-methyl/N-ethyl adjacent to an activating group) is 1. The SMILES string of the molecule is CN1C(=O)[C@](NC(=O)OC(C)(C)C)(C(C(=O)OCc2ccccc2)C(=O)OCc2ccccc2)c2ccc(Br)cc21. The van der Waals surface area contributed by atoms with Crippen LogP contribution in [0.15, 0.2) is 83.3 Å². The van der Waals surface area contributed by atoms with Crippen LogP contribution < -0.4 is 10.2 Å². The Labute approximate surface area is 246 Å². The Morgan fingerprint density at radius 2 is 1.39 bits per heavy atom. The van der Waals surface area contributed by atoms with Crippen LogP contribution in [0.1, 0.15) is 37.5 Å². The molecule has 0 unspecified atom stereocenters. The average molecular weight is 624 g/mol. The van der Waals surface area contributed by atoms with E-state index in [4.69, 9.17) is 14.2 Å². The minimum absolute atomic E-state index is 0.165. The number of rotatable bonds is 8. The molecule has 1 N–H and O–H groups in total. The predicted octanol–water partition coefficient (Wildman–Crippen LogP) is 5.25. The number of carbonyl (C=O) groups is 4. The van der Waals surface area contributed by atoms with Crippen molar-refractivity contribution in [3.05, 3.63) is 100 Å². The van der Waals surface area contributed by atoms with E-state index in [2.05, 4.69) is 21.2 Å². The van der Waals surface area contributed by atoms with E-state index in [1.54, 1.807) is 87.5 Å². The Bertz CT molecular complexity index is 1380. The minimum Gasteiger partial charge on any atom is -0.460 e. The molecular weight excluding hydrogens is 592 g/mol. The molecule has 2 amide bonds. The second-order valence-electron chi connectivity index (χ2n) is 10.6. The number of fused-ring (bicyclic) bond motifs is 1. The normalized spacial score (nSPS) is 16.2. The van der Waals surface area contributed by atoms with Gasteiger partial charge in [0.25, 0.3) is 5.91 Å². The lowest BCUT2D eigenvalue weighted by Gasteiger charge is -2.35. The third-order valence-corrected chi connectivity index (χ3v) is 6.93.